The molecular weight excluding hydrogens is 236 g/mol. The molecule has 0 aliphatic rings. The Hall–Kier alpha value is -1.75. The fourth-order valence-electron chi connectivity index (χ4n) is 1.34. The number of thiocarbonyl (C=S) groups is 1. The maximum Gasteiger partial charge on any atom is 0.257 e. The number of hydrogen-bond acceptors (Lipinski definition) is 5. The number of hydrogen-bond donors (Lipinski definition) is 0. The van der Waals surface area contributed by atoms with Gasteiger partial charge in [-0.1, -0.05) is 17.3 Å². The molecule has 1 aromatic heterocycles. The van der Waals surface area contributed by atoms with E-state index in [4.69, 9.17) is 21.5 Å². The fourth-order valence-corrected chi connectivity index (χ4v) is 1.40. The molecule has 88 valence electrons. The van der Waals surface area contributed by atoms with Crippen molar-refractivity contribution < 1.29 is 9.26 Å². The fraction of sp³-hybridized carbons (Fsp3) is 0.250. The van der Waals surface area contributed by atoms with Gasteiger partial charge in [-0.05, 0) is 36.8 Å². The highest BCUT2D eigenvalue weighted by Crippen LogP contribution is 2.17. The highest BCUT2D eigenvalue weighted by atomic mass is 32.1. The summed E-state index contributed by atoms with van der Waals surface area (Å²) in [6.45, 7) is 4.03. The van der Waals surface area contributed by atoms with Crippen LogP contribution in [0.1, 0.15) is 18.3 Å². The zero-order valence-corrected chi connectivity index (χ0v) is 10.5. The molecule has 0 N–H and O–H groups in total. The van der Waals surface area contributed by atoms with E-state index in [1.54, 1.807) is 13.8 Å². The van der Waals surface area contributed by atoms with Gasteiger partial charge in [0.15, 0.2) is 10.9 Å². The van der Waals surface area contributed by atoms with Gasteiger partial charge < -0.3 is 9.26 Å². The van der Waals surface area contributed by atoms with Gasteiger partial charge >= 0.3 is 0 Å². The van der Waals surface area contributed by atoms with E-state index in [-0.39, 0.29) is 0 Å². The van der Waals surface area contributed by atoms with E-state index in [0.29, 0.717) is 23.4 Å². The van der Waals surface area contributed by atoms with E-state index in [9.17, 15) is 0 Å². The number of aromatic nitrogens is 2. The van der Waals surface area contributed by atoms with Crippen LogP contribution >= 0.6 is 12.2 Å². The molecule has 0 saturated carbocycles. The van der Waals surface area contributed by atoms with Crippen molar-refractivity contribution in [3.63, 3.8) is 0 Å². The van der Waals surface area contributed by atoms with Gasteiger partial charge in [0, 0.05) is 12.5 Å². The minimum Gasteiger partial charge on any atom is -0.483 e. The molecule has 0 unspecified atom stereocenters. The van der Waals surface area contributed by atoms with Gasteiger partial charge in [0.25, 0.3) is 5.89 Å². The van der Waals surface area contributed by atoms with E-state index in [0.717, 1.165) is 11.1 Å². The first-order valence-electron chi connectivity index (χ1n) is 5.18. The normalized spacial score (nSPS) is 10.2. The molecule has 4 nitrogen and oxygen atoms in total. The van der Waals surface area contributed by atoms with Crippen LogP contribution in [0.3, 0.4) is 0 Å². The van der Waals surface area contributed by atoms with Gasteiger partial charge in [-0.3, -0.25) is 0 Å². The van der Waals surface area contributed by atoms with E-state index in [1.165, 1.54) is 0 Å². The zero-order valence-electron chi connectivity index (χ0n) is 9.64. The summed E-state index contributed by atoms with van der Waals surface area (Å²) in [6.07, 6.45) is 0. The maximum absolute atomic E-state index is 5.26. The Bertz CT molecular complexity index is 520. The molecule has 0 aliphatic heterocycles. The number of ether oxygens (including phenoxy) is 1. The molecule has 0 saturated heterocycles. The number of rotatable bonds is 3. The van der Waals surface area contributed by atoms with E-state index >= 15 is 0 Å². The third kappa shape index (κ3) is 3.10. The second-order valence-corrected chi connectivity index (χ2v) is 4.20. The molecule has 0 fully saturated rings. The van der Waals surface area contributed by atoms with Crippen LogP contribution in [0.5, 0.6) is 0 Å². The zero-order chi connectivity index (χ0) is 12.3. The van der Waals surface area contributed by atoms with Crippen molar-refractivity contribution in [3.8, 4) is 11.5 Å². The molecule has 2 aromatic rings. The smallest absolute Gasteiger partial charge is 0.257 e. The summed E-state index contributed by atoms with van der Waals surface area (Å²) < 4.78 is 10.3. The van der Waals surface area contributed by atoms with Gasteiger partial charge in [0.2, 0.25) is 0 Å². The summed E-state index contributed by atoms with van der Waals surface area (Å²) in [5.41, 5.74) is 1.95. The van der Waals surface area contributed by atoms with E-state index in [2.05, 4.69) is 10.1 Å². The highest BCUT2D eigenvalue weighted by molar-refractivity contribution is 7.80. The number of aryl methyl sites for hydroxylation is 1. The van der Waals surface area contributed by atoms with Crippen molar-refractivity contribution in [1.29, 1.82) is 0 Å². The van der Waals surface area contributed by atoms with E-state index < -0.39 is 0 Å². The second-order valence-electron chi connectivity index (χ2n) is 3.62. The van der Waals surface area contributed by atoms with Crippen LogP contribution in [0.25, 0.3) is 11.5 Å². The average molecular weight is 248 g/mol. The highest BCUT2D eigenvalue weighted by Gasteiger charge is 2.05. The average Bonchev–Trinajstić information content (AvgIpc) is 2.74. The monoisotopic (exact) mass is 248 g/mol. The molecule has 0 radical (unpaired) electrons. The lowest BCUT2D eigenvalue weighted by molar-refractivity contribution is 0.298. The summed E-state index contributed by atoms with van der Waals surface area (Å²) >= 11 is 4.84. The van der Waals surface area contributed by atoms with Gasteiger partial charge in [0.05, 0.1) is 0 Å². The SMILES string of the molecule is CC(=S)OCc1ccc(-c2nc(C)no2)cc1. The predicted molar refractivity (Wildman–Crippen MR) is 67.5 cm³/mol. The van der Waals surface area contributed by atoms with Crippen molar-refractivity contribution in [2.75, 3.05) is 0 Å². The third-order valence-corrected chi connectivity index (χ3v) is 2.29. The molecule has 5 heteroatoms. The standard InChI is InChI=1S/C12H12N2O2S/c1-8-13-12(16-14-8)11-5-3-10(4-6-11)7-15-9(2)17/h3-6H,7H2,1-2H3. The Morgan fingerprint density at radius 2 is 2.06 bits per heavy atom. The Balaban J connectivity index is 2.10. The van der Waals surface area contributed by atoms with Crippen LogP contribution < -0.4 is 0 Å². The van der Waals surface area contributed by atoms with Gasteiger partial charge in [-0.25, -0.2) is 0 Å². The van der Waals surface area contributed by atoms with E-state index in [1.807, 2.05) is 24.3 Å². The van der Waals surface area contributed by atoms with Crippen molar-refractivity contribution in [2.24, 2.45) is 0 Å². The molecule has 1 aromatic carbocycles. The van der Waals surface area contributed by atoms with Crippen molar-refractivity contribution in [2.45, 2.75) is 20.5 Å². The molecule has 0 amide bonds. The summed E-state index contributed by atoms with van der Waals surface area (Å²) in [6, 6.07) is 7.75. The predicted octanol–water partition coefficient (Wildman–Crippen LogP) is 2.91. The summed E-state index contributed by atoms with van der Waals surface area (Å²) in [5, 5.41) is 4.29. The van der Waals surface area contributed by atoms with Crippen molar-refractivity contribution in [3.05, 3.63) is 35.7 Å². The molecule has 0 spiro atoms. The molecular formula is C12H12N2O2S. The Kier molecular flexibility index (Phi) is 3.49. The second kappa shape index (κ2) is 5.05. The van der Waals surface area contributed by atoms with Crippen LogP contribution in [0.2, 0.25) is 0 Å². The lowest BCUT2D eigenvalue weighted by atomic mass is 10.1. The summed E-state index contributed by atoms with van der Waals surface area (Å²) in [4.78, 5) is 4.16. The van der Waals surface area contributed by atoms with Crippen LogP contribution in [0.4, 0.5) is 0 Å². The summed E-state index contributed by atoms with van der Waals surface area (Å²) in [5.74, 6) is 1.16. The minimum absolute atomic E-state index is 0.485. The molecule has 2 rings (SSSR count). The van der Waals surface area contributed by atoms with Crippen LogP contribution in [-0.4, -0.2) is 15.2 Å². The molecule has 1 heterocycles. The van der Waals surface area contributed by atoms with Crippen molar-refractivity contribution >= 4 is 17.3 Å². The van der Waals surface area contributed by atoms with Crippen LogP contribution in [-0.2, 0) is 11.3 Å². The van der Waals surface area contributed by atoms with Gasteiger partial charge in [-0.2, -0.15) is 4.98 Å². The Morgan fingerprint density at radius 3 is 2.59 bits per heavy atom. The molecule has 17 heavy (non-hydrogen) atoms. The Morgan fingerprint density at radius 1 is 1.35 bits per heavy atom. The number of benzene rings is 1. The summed E-state index contributed by atoms with van der Waals surface area (Å²) in [7, 11) is 0. The van der Waals surface area contributed by atoms with Crippen LogP contribution in [0.15, 0.2) is 28.8 Å². The maximum atomic E-state index is 5.26. The van der Waals surface area contributed by atoms with Gasteiger partial charge in [0.1, 0.15) is 6.61 Å². The topological polar surface area (TPSA) is 48.2 Å². The lowest BCUT2D eigenvalue weighted by Gasteiger charge is -2.03. The first kappa shape index (κ1) is 11.7. The largest absolute Gasteiger partial charge is 0.483 e. The molecule has 0 bridgehead atoms. The first-order valence-corrected chi connectivity index (χ1v) is 5.59. The van der Waals surface area contributed by atoms with Crippen LogP contribution in [0, 0.1) is 6.92 Å². The lowest BCUT2D eigenvalue weighted by Crippen LogP contribution is -1.96. The van der Waals surface area contributed by atoms with Gasteiger partial charge in [-0.15, -0.1) is 0 Å². The molecule has 0 atom stereocenters. The Labute approximate surface area is 105 Å². The quantitative estimate of drug-likeness (QED) is 0.782. The minimum atomic E-state index is 0.485. The molecule has 0 aliphatic carbocycles. The third-order valence-electron chi connectivity index (χ3n) is 2.17. The van der Waals surface area contributed by atoms with Crippen molar-refractivity contribution in [1.82, 2.24) is 10.1 Å². The first-order chi connectivity index (χ1) is 8.15. The number of nitrogens with zero attached hydrogens (tertiary/aromatic N) is 2.